The molecule has 0 aliphatic carbocycles. The van der Waals surface area contributed by atoms with Crippen LogP contribution in [-0.4, -0.2) is 62.7 Å². The smallest absolute Gasteiger partial charge is 0.0125 e. The standard InChI is InChI=1S/C13H27N3/c1-14-7-11-16-8-3-4-13(16)12-5-9-15(2)10-6-12/h12-14H,3-11H2,1-2H3. The number of nitrogens with zero attached hydrogens (tertiary/aromatic N) is 2. The van der Waals surface area contributed by atoms with Crippen molar-refractivity contribution >= 4 is 0 Å². The molecular formula is C13H27N3. The minimum atomic E-state index is 0.891. The van der Waals surface area contributed by atoms with Crippen LogP contribution in [0.5, 0.6) is 0 Å². The molecule has 1 N–H and O–H groups in total. The number of likely N-dealkylation sites (N-methyl/N-ethyl adjacent to an activating group) is 1. The first kappa shape index (κ1) is 12.3. The third-order valence-electron chi connectivity index (χ3n) is 4.37. The number of likely N-dealkylation sites (tertiary alicyclic amines) is 2. The zero-order valence-corrected chi connectivity index (χ0v) is 10.9. The molecule has 2 fully saturated rings. The summed E-state index contributed by atoms with van der Waals surface area (Å²) in [4.78, 5) is 5.20. The van der Waals surface area contributed by atoms with Gasteiger partial charge in [0.25, 0.3) is 0 Å². The maximum atomic E-state index is 3.28. The highest BCUT2D eigenvalue weighted by Crippen LogP contribution is 2.30. The second-order valence-electron chi connectivity index (χ2n) is 5.49. The van der Waals surface area contributed by atoms with Gasteiger partial charge in [-0.15, -0.1) is 0 Å². The molecule has 0 aromatic carbocycles. The summed E-state index contributed by atoms with van der Waals surface area (Å²) in [5.41, 5.74) is 0. The van der Waals surface area contributed by atoms with Crippen LogP contribution in [0.4, 0.5) is 0 Å². The fourth-order valence-corrected chi connectivity index (χ4v) is 3.33. The third kappa shape index (κ3) is 2.96. The lowest BCUT2D eigenvalue weighted by Crippen LogP contribution is -2.43. The highest BCUT2D eigenvalue weighted by Gasteiger charge is 2.32. The van der Waals surface area contributed by atoms with Crippen molar-refractivity contribution in [1.29, 1.82) is 0 Å². The monoisotopic (exact) mass is 225 g/mol. The van der Waals surface area contributed by atoms with Crippen molar-refractivity contribution in [1.82, 2.24) is 15.1 Å². The fourth-order valence-electron chi connectivity index (χ4n) is 3.33. The summed E-state index contributed by atoms with van der Waals surface area (Å²) < 4.78 is 0. The predicted molar refractivity (Wildman–Crippen MR) is 68.7 cm³/mol. The SMILES string of the molecule is CNCCN1CCCC1C1CCN(C)CC1. The van der Waals surface area contributed by atoms with Gasteiger partial charge in [0.1, 0.15) is 0 Å². The number of hydrogen-bond donors (Lipinski definition) is 1. The van der Waals surface area contributed by atoms with Crippen LogP contribution in [0, 0.1) is 5.92 Å². The number of rotatable bonds is 4. The number of nitrogens with one attached hydrogen (secondary N) is 1. The molecule has 2 saturated heterocycles. The third-order valence-corrected chi connectivity index (χ3v) is 4.37. The second-order valence-corrected chi connectivity index (χ2v) is 5.49. The lowest BCUT2D eigenvalue weighted by molar-refractivity contribution is 0.126. The summed E-state index contributed by atoms with van der Waals surface area (Å²) in [7, 11) is 4.31. The molecule has 0 radical (unpaired) electrons. The van der Waals surface area contributed by atoms with Crippen LogP contribution in [0.1, 0.15) is 25.7 Å². The Balaban J connectivity index is 1.82. The van der Waals surface area contributed by atoms with Crippen molar-refractivity contribution < 1.29 is 0 Å². The van der Waals surface area contributed by atoms with Gasteiger partial charge in [-0.1, -0.05) is 0 Å². The maximum Gasteiger partial charge on any atom is 0.0125 e. The van der Waals surface area contributed by atoms with Crippen LogP contribution in [0.3, 0.4) is 0 Å². The second kappa shape index (κ2) is 5.99. The van der Waals surface area contributed by atoms with Gasteiger partial charge in [0.05, 0.1) is 0 Å². The van der Waals surface area contributed by atoms with Gasteiger partial charge in [-0.3, -0.25) is 4.90 Å². The Kier molecular flexibility index (Phi) is 4.62. The van der Waals surface area contributed by atoms with Crippen LogP contribution in [0.25, 0.3) is 0 Å². The van der Waals surface area contributed by atoms with Crippen LogP contribution < -0.4 is 5.32 Å². The normalized spacial score (nSPS) is 30.0. The fraction of sp³-hybridized carbons (Fsp3) is 1.00. The van der Waals surface area contributed by atoms with Gasteiger partial charge in [-0.05, 0) is 65.3 Å². The van der Waals surface area contributed by atoms with Gasteiger partial charge in [-0.25, -0.2) is 0 Å². The molecule has 0 aromatic heterocycles. The van der Waals surface area contributed by atoms with Gasteiger partial charge in [0, 0.05) is 19.1 Å². The summed E-state index contributed by atoms with van der Waals surface area (Å²) >= 11 is 0. The van der Waals surface area contributed by atoms with E-state index >= 15 is 0 Å². The van der Waals surface area contributed by atoms with E-state index in [1.807, 2.05) is 0 Å². The molecule has 3 heteroatoms. The van der Waals surface area contributed by atoms with Gasteiger partial charge in [0.2, 0.25) is 0 Å². The summed E-state index contributed by atoms with van der Waals surface area (Å²) in [6.07, 6.45) is 5.69. The molecule has 1 unspecified atom stereocenters. The van der Waals surface area contributed by atoms with Crippen molar-refractivity contribution in [2.45, 2.75) is 31.7 Å². The first-order chi connectivity index (χ1) is 7.81. The zero-order chi connectivity index (χ0) is 11.4. The zero-order valence-electron chi connectivity index (χ0n) is 10.9. The quantitative estimate of drug-likeness (QED) is 0.770. The molecule has 1 atom stereocenters. The van der Waals surface area contributed by atoms with E-state index < -0.39 is 0 Å². The highest BCUT2D eigenvalue weighted by molar-refractivity contribution is 4.87. The lowest BCUT2D eigenvalue weighted by Gasteiger charge is -2.37. The Labute approximate surface area is 100 Å². The minimum absolute atomic E-state index is 0.891. The molecule has 2 aliphatic heterocycles. The van der Waals surface area contributed by atoms with Gasteiger partial charge in [-0.2, -0.15) is 0 Å². The lowest BCUT2D eigenvalue weighted by atomic mass is 9.88. The maximum absolute atomic E-state index is 3.28. The summed E-state index contributed by atoms with van der Waals surface area (Å²) in [6, 6.07) is 0.891. The molecule has 0 bridgehead atoms. The van der Waals surface area contributed by atoms with Crippen molar-refractivity contribution in [3.05, 3.63) is 0 Å². The summed E-state index contributed by atoms with van der Waals surface area (Å²) in [5, 5.41) is 3.28. The van der Waals surface area contributed by atoms with Crippen LogP contribution >= 0.6 is 0 Å². The van der Waals surface area contributed by atoms with E-state index in [0.29, 0.717) is 0 Å². The Bertz CT molecular complexity index is 199. The van der Waals surface area contributed by atoms with E-state index in [0.717, 1.165) is 18.5 Å². The van der Waals surface area contributed by atoms with Gasteiger partial charge in [0.15, 0.2) is 0 Å². The van der Waals surface area contributed by atoms with E-state index in [4.69, 9.17) is 0 Å². The molecule has 0 spiro atoms. The summed E-state index contributed by atoms with van der Waals surface area (Å²) in [5.74, 6) is 0.968. The van der Waals surface area contributed by atoms with E-state index in [1.165, 1.54) is 51.9 Å². The van der Waals surface area contributed by atoms with Crippen molar-refractivity contribution in [2.24, 2.45) is 5.92 Å². The van der Waals surface area contributed by atoms with Gasteiger partial charge < -0.3 is 10.2 Å². The van der Waals surface area contributed by atoms with E-state index in [-0.39, 0.29) is 0 Å². The predicted octanol–water partition coefficient (Wildman–Crippen LogP) is 1.01. The molecular weight excluding hydrogens is 198 g/mol. The molecule has 3 nitrogen and oxygen atoms in total. The molecule has 2 rings (SSSR count). The van der Waals surface area contributed by atoms with E-state index in [9.17, 15) is 0 Å². The molecule has 94 valence electrons. The molecule has 2 aliphatic rings. The van der Waals surface area contributed by atoms with Crippen LogP contribution in [-0.2, 0) is 0 Å². The first-order valence-corrected chi connectivity index (χ1v) is 6.88. The average molecular weight is 225 g/mol. The topological polar surface area (TPSA) is 18.5 Å². The van der Waals surface area contributed by atoms with Gasteiger partial charge >= 0.3 is 0 Å². The van der Waals surface area contributed by atoms with Crippen molar-refractivity contribution in [3.63, 3.8) is 0 Å². The number of hydrogen-bond acceptors (Lipinski definition) is 3. The highest BCUT2D eigenvalue weighted by atomic mass is 15.2. The molecule has 0 aromatic rings. The molecule has 16 heavy (non-hydrogen) atoms. The largest absolute Gasteiger partial charge is 0.318 e. The molecule has 2 heterocycles. The Morgan fingerprint density at radius 2 is 1.88 bits per heavy atom. The van der Waals surface area contributed by atoms with Crippen molar-refractivity contribution in [3.8, 4) is 0 Å². The molecule has 0 amide bonds. The Morgan fingerprint density at radius 3 is 2.56 bits per heavy atom. The minimum Gasteiger partial charge on any atom is -0.318 e. The number of piperidine rings is 1. The van der Waals surface area contributed by atoms with E-state index in [1.54, 1.807) is 0 Å². The molecule has 0 saturated carbocycles. The Morgan fingerprint density at radius 1 is 1.12 bits per heavy atom. The van der Waals surface area contributed by atoms with E-state index in [2.05, 4.69) is 29.2 Å². The average Bonchev–Trinajstić information content (AvgIpc) is 2.75. The van der Waals surface area contributed by atoms with Crippen LogP contribution in [0.15, 0.2) is 0 Å². The Hall–Kier alpha value is -0.120. The summed E-state index contributed by atoms with van der Waals surface area (Å²) in [6.45, 7) is 6.33. The van der Waals surface area contributed by atoms with Crippen LogP contribution in [0.2, 0.25) is 0 Å². The first-order valence-electron chi connectivity index (χ1n) is 6.88. The van der Waals surface area contributed by atoms with Crippen molar-refractivity contribution in [2.75, 3.05) is 46.8 Å².